The third kappa shape index (κ3) is 4.39. The van der Waals surface area contributed by atoms with Crippen LogP contribution < -0.4 is 10.1 Å². The molecule has 0 atom stereocenters. The van der Waals surface area contributed by atoms with Gasteiger partial charge in [0, 0.05) is 29.7 Å². The third-order valence-electron chi connectivity index (χ3n) is 4.18. The first-order valence-electron chi connectivity index (χ1n) is 8.92. The Hall–Kier alpha value is -3.46. The summed E-state index contributed by atoms with van der Waals surface area (Å²) >= 11 is 0. The first-order valence-corrected chi connectivity index (χ1v) is 8.92. The molecule has 1 N–H and O–H groups in total. The Labute approximate surface area is 158 Å². The van der Waals surface area contributed by atoms with Crippen LogP contribution in [0.5, 0.6) is 5.75 Å². The van der Waals surface area contributed by atoms with Gasteiger partial charge in [0.15, 0.2) is 5.82 Å². The minimum absolute atomic E-state index is 0.436. The predicted octanol–water partition coefficient (Wildman–Crippen LogP) is 4.19. The highest BCUT2D eigenvalue weighted by Crippen LogP contribution is 2.25. The number of hydrogen-bond acceptors (Lipinski definition) is 6. The Balaban J connectivity index is 1.79. The van der Waals surface area contributed by atoms with E-state index in [1.807, 2.05) is 50.2 Å². The second-order valence-electron chi connectivity index (χ2n) is 5.97. The van der Waals surface area contributed by atoms with Crippen molar-refractivity contribution in [3.8, 4) is 11.8 Å². The average molecular weight is 359 g/mol. The van der Waals surface area contributed by atoms with E-state index in [4.69, 9.17) is 4.74 Å². The SMILES string of the molecule is CCc1nnc(Nc2cccc(OCc3cccnc3)c2)c(C#N)c1CC. The molecule has 0 aliphatic rings. The quantitative estimate of drug-likeness (QED) is 0.681. The molecule has 2 aromatic heterocycles. The molecule has 136 valence electrons. The van der Waals surface area contributed by atoms with Crippen LogP contribution in [0.1, 0.15) is 36.2 Å². The summed E-state index contributed by atoms with van der Waals surface area (Å²) in [4.78, 5) is 4.08. The second kappa shape index (κ2) is 8.77. The molecule has 0 fully saturated rings. The lowest BCUT2D eigenvalue weighted by atomic mass is 10.0. The lowest BCUT2D eigenvalue weighted by Crippen LogP contribution is -2.07. The van der Waals surface area contributed by atoms with Gasteiger partial charge in [-0.2, -0.15) is 10.4 Å². The number of nitriles is 1. The van der Waals surface area contributed by atoms with Crippen molar-refractivity contribution in [3.05, 3.63) is 71.2 Å². The number of ether oxygens (including phenoxy) is 1. The van der Waals surface area contributed by atoms with Crippen molar-refractivity contribution in [2.45, 2.75) is 33.3 Å². The molecule has 1 aromatic carbocycles. The number of rotatable bonds is 7. The van der Waals surface area contributed by atoms with Crippen LogP contribution in [0.3, 0.4) is 0 Å². The zero-order valence-electron chi connectivity index (χ0n) is 15.4. The topological polar surface area (TPSA) is 83.7 Å². The van der Waals surface area contributed by atoms with Gasteiger partial charge in [0.05, 0.1) is 5.69 Å². The van der Waals surface area contributed by atoms with Gasteiger partial charge >= 0.3 is 0 Å². The van der Waals surface area contributed by atoms with Gasteiger partial charge < -0.3 is 10.1 Å². The van der Waals surface area contributed by atoms with Crippen molar-refractivity contribution >= 4 is 11.5 Å². The van der Waals surface area contributed by atoms with Gasteiger partial charge in [0.2, 0.25) is 0 Å². The van der Waals surface area contributed by atoms with Crippen molar-refractivity contribution in [2.24, 2.45) is 0 Å². The van der Waals surface area contributed by atoms with Crippen LogP contribution in [-0.4, -0.2) is 15.2 Å². The lowest BCUT2D eigenvalue weighted by Gasteiger charge is -2.13. The summed E-state index contributed by atoms with van der Waals surface area (Å²) in [6, 6.07) is 13.7. The van der Waals surface area contributed by atoms with E-state index < -0.39 is 0 Å². The molecule has 2 heterocycles. The maximum Gasteiger partial charge on any atom is 0.171 e. The molecule has 27 heavy (non-hydrogen) atoms. The van der Waals surface area contributed by atoms with Crippen LogP contribution >= 0.6 is 0 Å². The molecule has 0 spiro atoms. The van der Waals surface area contributed by atoms with Gasteiger partial charge in [-0.15, -0.1) is 5.10 Å². The number of aromatic nitrogens is 3. The largest absolute Gasteiger partial charge is 0.489 e. The summed E-state index contributed by atoms with van der Waals surface area (Å²) < 4.78 is 5.83. The third-order valence-corrected chi connectivity index (χ3v) is 4.18. The van der Waals surface area contributed by atoms with Gasteiger partial charge in [0.1, 0.15) is 24.0 Å². The van der Waals surface area contributed by atoms with Crippen molar-refractivity contribution in [1.82, 2.24) is 15.2 Å². The summed E-state index contributed by atoms with van der Waals surface area (Å²) in [6.45, 7) is 4.47. The molecule has 0 bridgehead atoms. The van der Waals surface area contributed by atoms with E-state index in [1.54, 1.807) is 12.4 Å². The average Bonchev–Trinajstić information content (AvgIpc) is 2.72. The lowest BCUT2D eigenvalue weighted by molar-refractivity contribution is 0.306. The van der Waals surface area contributed by atoms with Crippen LogP contribution in [0.25, 0.3) is 0 Å². The number of anilines is 2. The highest BCUT2D eigenvalue weighted by atomic mass is 16.5. The van der Waals surface area contributed by atoms with Crippen molar-refractivity contribution in [2.75, 3.05) is 5.32 Å². The molecule has 3 aromatic rings. The highest BCUT2D eigenvalue weighted by Gasteiger charge is 2.14. The molecule has 3 rings (SSSR count). The van der Waals surface area contributed by atoms with E-state index >= 15 is 0 Å². The maximum atomic E-state index is 9.60. The van der Waals surface area contributed by atoms with E-state index in [0.717, 1.165) is 41.1 Å². The second-order valence-corrected chi connectivity index (χ2v) is 5.97. The molecule has 0 amide bonds. The zero-order chi connectivity index (χ0) is 19.1. The van der Waals surface area contributed by atoms with E-state index in [1.165, 1.54) is 0 Å². The fraction of sp³-hybridized carbons (Fsp3) is 0.238. The number of hydrogen-bond donors (Lipinski definition) is 1. The van der Waals surface area contributed by atoms with Gasteiger partial charge in [-0.1, -0.05) is 26.0 Å². The van der Waals surface area contributed by atoms with Crippen LogP contribution in [0, 0.1) is 11.3 Å². The Morgan fingerprint density at radius 3 is 2.70 bits per heavy atom. The van der Waals surface area contributed by atoms with E-state index in [-0.39, 0.29) is 0 Å². The minimum Gasteiger partial charge on any atom is -0.489 e. The number of nitrogens with zero attached hydrogens (tertiary/aromatic N) is 4. The summed E-state index contributed by atoms with van der Waals surface area (Å²) in [6.07, 6.45) is 5.00. The number of aryl methyl sites for hydroxylation is 1. The molecular weight excluding hydrogens is 338 g/mol. The first-order chi connectivity index (χ1) is 13.2. The molecular formula is C21H21N5O. The summed E-state index contributed by atoms with van der Waals surface area (Å²) in [5.74, 6) is 1.19. The Kier molecular flexibility index (Phi) is 5.95. The monoisotopic (exact) mass is 359 g/mol. The van der Waals surface area contributed by atoms with Gasteiger partial charge in [-0.3, -0.25) is 4.98 Å². The van der Waals surface area contributed by atoms with E-state index in [9.17, 15) is 5.26 Å². The summed E-state index contributed by atoms with van der Waals surface area (Å²) in [5.41, 5.74) is 4.15. The molecule has 0 unspecified atom stereocenters. The zero-order valence-corrected chi connectivity index (χ0v) is 15.4. The molecule has 0 saturated heterocycles. The Morgan fingerprint density at radius 2 is 2.00 bits per heavy atom. The predicted molar refractivity (Wildman–Crippen MR) is 104 cm³/mol. The number of benzene rings is 1. The van der Waals surface area contributed by atoms with Crippen LogP contribution in [0.2, 0.25) is 0 Å². The van der Waals surface area contributed by atoms with E-state index in [2.05, 4.69) is 26.6 Å². The highest BCUT2D eigenvalue weighted by molar-refractivity contribution is 5.65. The normalized spacial score (nSPS) is 10.3. The molecule has 6 heteroatoms. The van der Waals surface area contributed by atoms with Crippen LogP contribution in [0.15, 0.2) is 48.8 Å². The molecule has 0 aliphatic carbocycles. The number of pyridine rings is 1. The maximum absolute atomic E-state index is 9.60. The summed E-state index contributed by atoms with van der Waals surface area (Å²) in [7, 11) is 0. The smallest absolute Gasteiger partial charge is 0.171 e. The van der Waals surface area contributed by atoms with Crippen molar-refractivity contribution in [1.29, 1.82) is 5.26 Å². The fourth-order valence-corrected chi connectivity index (χ4v) is 2.83. The number of nitrogens with one attached hydrogen (secondary N) is 1. The van der Waals surface area contributed by atoms with Crippen LogP contribution in [-0.2, 0) is 19.4 Å². The fourth-order valence-electron chi connectivity index (χ4n) is 2.83. The first kappa shape index (κ1) is 18.3. The van der Waals surface area contributed by atoms with E-state index in [0.29, 0.717) is 18.0 Å². The Morgan fingerprint density at radius 1 is 1.11 bits per heavy atom. The van der Waals surface area contributed by atoms with Crippen molar-refractivity contribution in [3.63, 3.8) is 0 Å². The molecule has 0 radical (unpaired) electrons. The molecule has 0 aliphatic heterocycles. The van der Waals surface area contributed by atoms with Gasteiger partial charge in [-0.25, -0.2) is 0 Å². The van der Waals surface area contributed by atoms with Crippen molar-refractivity contribution < 1.29 is 4.74 Å². The standard InChI is InChI=1S/C21H21N5O/c1-3-18-19(12-22)21(26-25-20(18)4-2)24-16-8-5-9-17(11-16)27-14-15-7-6-10-23-13-15/h5-11,13H,3-4,14H2,1-2H3,(H,24,26). The molecule has 6 nitrogen and oxygen atoms in total. The summed E-state index contributed by atoms with van der Waals surface area (Å²) in [5, 5.41) is 21.3. The Bertz CT molecular complexity index is 951. The van der Waals surface area contributed by atoms with Gasteiger partial charge in [-0.05, 0) is 36.6 Å². The van der Waals surface area contributed by atoms with Gasteiger partial charge in [0.25, 0.3) is 0 Å². The van der Waals surface area contributed by atoms with Crippen LogP contribution in [0.4, 0.5) is 11.5 Å². The molecule has 0 saturated carbocycles. The minimum atomic E-state index is 0.436.